The van der Waals surface area contributed by atoms with Crippen molar-refractivity contribution in [2.45, 2.75) is 13.3 Å². The highest BCUT2D eigenvalue weighted by Crippen LogP contribution is 2.43. The van der Waals surface area contributed by atoms with Crippen molar-refractivity contribution in [1.29, 1.82) is 0 Å². The first-order valence-corrected chi connectivity index (χ1v) is 5.30. The van der Waals surface area contributed by atoms with Gasteiger partial charge in [0.1, 0.15) is 0 Å². The van der Waals surface area contributed by atoms with Gasteiger partial charge in [-0.25, -0.2) is 0 Å². The van der Waals surface area contributed by atoms with Crippen LogP contribution in [-0.4, -0.2) is 0 Å². The standard InChI is InChI=1S/C14H14/c1-10-9-11-5-4-8-13(11)14-7-3-2-6-12(10)14/h2-5,7-9,11-12H,6H2,1H3. The van der Waals surface area contributed by atoms with Gasteiger partial charge in [0.25, 0.3) is 0 Å². The van der Waals surface area contributed by atoms with E-state index in [9.17, 15) is 0 Å². The summed E-state index contributed by atoms with van der Waals surface area (Å²) in [6, 6.07) is 0. The van der Waals surface area contributed by atoms with Crippen LogP contribution in [0.2, 0.25) is 0 Å². The molecular weight excluding hydrogens is 168 g/mol. The molecule has 0 bridgehead atoms. The maximum atomic E-state index is 2.41. The zero-order valence-corrected chi connectivity index (χ0v) is 8.40. The Morgan fingerprint density at radius 3 is 2.93 bits per heavy atom. The monoisotopic (exact) mass is 182 g/mol. The van der Waals surface area contributed by atoms with Crippen LogP contribution >= 0.6 is 0 Å². The lowest BCUT2D eigenvalue weighted by atomic mass is 9.73. The average molecular weight is 182 g/mol. The van der Waals surface area contributed by atoms with E-state index >= 15 is 0 Å². The van der Waals surface area contributed by atoms with Crippen LogP contribution in [0.4, 0.5) is 0 Å². The quantitative estimate of drug-likeness (QED) is 0.502. The summed E-state index contributed by atoms with van der Waals surface area (Å²) in [5.41, 5.74) is 4.60. The highest BCUT2D eigenvalue weighted by Gasteiger charge is 2.29. The molecule has 0 spiro atoms. The van der Waals surface area contributed by atoms with Gasteiger partial charge in [-0.2, -0.15) is 0 Å². The van der Waals surface area contributed by atoms with Crippen LogP contribution in [0, 0.1) is 11.8 Å². The van der Waals surface area contributed by atoms with Gasteiger partial charge in [0.15, 0.2) is 0 Å². The second kappa shape index (κ2) is 2.84. The predicted octanol–water partition coefficient (Wildman–Crippen LogP) is 3.56. The van der Waals surface area contributed by atoms with E-state index in [1.54, 1.807) is 5.57 Å². The van der Waals surface area contributed by atoms with Gasteiger partial charge in [-0.3, -0.25) is 0 Å². The minimum Gasteiger partial charge on any atom is -0.0836 e. The van der Waals surface area contributed by atoms with Crippen molar-refractivity contribution >= 4 is 0 Å². The summed E-state index contributed by atoms with van der Waals surface area (Å²) in [7, 11) is 0. The molecule has 0 heterocycles. The summed E-state index contributed by atoms with van der Waals surface area (Å²) >= 11 is 0. The largest absolute Gasteiger partial charge is 0.0836 e. The molecule has 0 saturated heterocycles. The minimum atomic E-state index is 0.559. The van der Waals surface area contributed by atoms with Crippen molar-refractivity contribution in [2.24, 2.45) is 11.8 Å². The van der Waals surface area contributed by atoms with E-state index < -0.39 is 0 Å². The Kier molecular flexibility index (Phi) is 1.63. The van der Waals surface area contributed by atoms with Crippen molar-refractivity contribution in [2.75, 3.05) is 0 Å². The first-order valence-electron chi connectivity index (χ1n) is 5.30. The van der Waals surface area contributed by atoms with Gasteiger partial charge in [-0.1, -0.05) is 48.1 Å². The molecule has 0 amide bonds. The van der Waals surface area contributed by atoms with E-state index in [4.69, 9.17) is 0 Å². The zero-order chi connectivity index (χ0) is 9.54. The van der Waals surface area contributed by atoms with Crippen LogP contribution in [-0.2, 0) is 0 Å². The van der Waals surface area contributed by atoms with E-state index in [1.807, 2.05) is 0 Å². The fourth-order valence-electron chi connectivity index (χ4n) is 2.69. The second-order valence-electron chi connectivity index (χ2n) is 4.28. The molecule has 0 radical (unpaired) electrons. The Hall–Kier alpha value is -1.30. The molecule has 14 heavy (non-hydrogen) atoms. The van der Waals surface area contributed by atoms with Gasteiger partial charge in [0.05, 0.1) is 0 Å². The van der Waals surface area contributed by atoms with E-state index in [0.717, 1.165) is 0 Å². The molecule has 0 aromatic rings. The molecule has 2 unspecified atom stereocenters. The Balaban J connectivity index is 2.14. The Bertz CT molecular complexity index is 413. The van der Waals surface area contributed by atoms with Crippen molar-refractivity contribution in [3.8, 4) is 0 Å². The number of hydrogen-bond acceptors (Lipinski definition) is 0. The Labute approximate surface area is 85.0 Å². The SMILES string of the molecule is CC1=CC2C=CC=C2C2=CC=CCC12. The molecular formula is C14H14. The van der Waals surface area contributed by atoms with E-state index in [1.165, 1.54) is 17.6 Å². The molecule has 2 atom stereocenters. The summed E-state index contributed by atoms with van der Waals surface area (Å²) in [5.74, 6) is 1.21. The van der Waals surface area contributed by atoms with E-state index in [0.29, 0.717) is 11.8 Å². The molecule has 0 fully saturated rings. The van der Waals surface area contributed by atoms with Crippen LogP contribution in [0.1, 0.15) is 13.3 Å². The summed E-state index contributed by atoms with van der Waals surface area (Å²) in [4.78, 5) is 0. The smallest absolute Gasteiger partial charge is 0.0207 e. The topological polar surface area (TPSA) is 0 Å². The van der Waals surface area contributed by atoms with Gasteiger partial charge < -0.3 is 0 Å². The molecule has 0 saturated carbocycles. The van der Waals surface area contributed by atoms with Gasteiger partial charge in [-0.15, -0.1) is 0 Å². The molecule has 3 aliphatic rings. The Morgan fingerprint density at radius 1 is 1.14 bits per heavy atom. The summed E-state index contributed by atoms with van der Waals surface area (Å²) in [6.07, 6.45) is 17.1. The first-order chi connectivity index (χ1) is 6.86. The molecule has 0 N–H and O–H groups in total. The predicted molar refractivity (Wildman–Crippen MR) is 59.8 cm³/mol. The molecule has 0 aromatic carbocycles. The van der Waals surface area contributed by atoms with Gasteiger partial charge in [0, 0.05) is 11.8 Å². The summed E-state index contributed by atoms with van der Waals surface area (Å²) in [6.45, 7) is 2.26. The number of fused-ring (bicyclic) bond motifs is 3. The number of hydrogen-bond donors (Lipinski definition) is 0. The minimum absolute atomic E-state index is 0.559. The molecule has 70 valence electrons. The Morgan fingerprint density at radius 2 is 2.00 bits per heavy atom. The van der Waals surface area contributed by atoms with Crippen molar-refractivity contribution in [1.82, 2.24) is 0 Å². The fraction of sp³-hybridized carbons (Fsp3) is 0.286. The first kappa shape index (κ1) is 8.05. The molecule has 0 nitrogen and oxygen atoms in total. The second-order valence-corrected chi connectivity index (χ2v) is 4.28. The lowest BCUT2D eigenvalue weighted by Gasteiger charge is -2.31. The third kappa shape index (κ3) is 1.00. The van der Waals surface area contributed by atoms with Crippen molar-refractivity contribution in [3.63, 3.8) is 0 Å². The number of allylic oxidation sites excluding steroid dienone is 10. The van der Waals surface area contributed by atoms with E-state index in [2.05, 4.69) is 49.5 Å². The zero-order valence-electron chi connectivity index (χ0n) is 8.40. The third-order valence-corrected chi connectivity index (χ3v) is 3.44. The van der Waals surface area contributed by atoms with Crippen molar-refractivity contribution < 1.29 is 0 Å². The van der Waals surface area contributed by atoms with Crippen LogP contribution in [0.5, 0.6) is 0 Å². The maximum Gasteiger partial charge on any atom is 0.0207 e. The summed E-state index contributed by atoms with van der Waals surface area (Å²) in [5, 5.41) is 0. The molecule has 0 heteroatoms. The molecule has 3 rings (SSSR count). The number of rotatable bonds is 0. The fourth-order valence-corrected chi connectivity index (χ4v) is 2.69. The van der Waals surface area contributed by atoms with Crippen molar-refractivity contribution in [3.05, 3.63) is 59.3 Å². The molecule has 0 aromatic heterocycles. The maximum absolute atomic E-state index is 2.41. The highest BCUT2D eigenvalue weighted by atomic mass is 14.3. The molecule has 3 aliphatic carbocycles. The van der Waals surface area contributed by atoms with Crippen LogP contribution in [0.15, 0.2) is 59.3 Å². The van der Waals surface area contributed by atoms with Crippen LogP contribution < -0.4 is 0 Å². The normalized spacial score (nSPS) is 33.1. The third-order valence-electron chi connectivity index (χ3n) is 3.44. The lowest BCUT2D eigenvalue weighted by Crippen LogP contribution is -2.17. The van der Waals surface area contributed by atoms with Crippen LogP contribution in [0.3, 0.4) is 0 Å². The average Bonchev–Trinajstić information content (AvgIpc) is 2.66. The van der Waals surface area contributed by atoms with Crippen LogP contribution in [0.25, 0.3) is 0 Å². The summed E-state index contributed by atoms with van der Waals surface area (Å²) < 4.78 is 0. The van der Waals surface area contributed by atoms with Gasteiger partial charge in [-0.05, 0) is 24.5 Å². The van der Waals surface area contributed by atoms with E-state index in [-0.39, 0.29) is 0 Å². The lowest BCUT2D eigenvalue weighted by molar-refractivity contribution is 0.674. The molecule has 0 aliphatic heterocycles. The van der Waals surface area contributed by atoms with Gasteiger partial charge in [0.2, 0.25) is 0 Å². The van der Waals surface area contributed by atoms with Gasteiger partial charge >= 0.3 is 0 Å². The highest BCUT2D eigenvalue weighted by molar-refractivity contribution is 5.54.